The van der Waals surface area contributed by atoms with E-state index in [1.165, 1.54) is 6.07 Å². The summed E-state index contributed by atoms with van der Waals surface area (Å²) < 4.78 is 42.8. The number of rotatable bonds is 7. The van der Waals surface area contributed by atoms with E-state index in [0.717, 1.165) is 23.4 Å². The smallest absolute Gasteiger partial charge is 0.416 e. The molecule has 140 valence electrons. The van der Waals surface area contributed by atoms with Crippen LogP contribution in [0.2, 0.25) is 5.02 Å². The minimum Gasteiger partial charge on any atom is -0.497 e. The second kappa shape index (κ2) is 8.80. The van der Waals surface area contributed by atoms with Gasteiger partial charge in [-0.25, -0.2) is 0 Å². The maximum absolute atomic E-state index is 12.6. The molecule has 0 aromatic heterocycles. The number of ether oxygens (including phenoxy) is 1. The van der Waals surface area contributed by atoms with Gasteiger partial charge in [0, 0.05) is 6.54 Å². The largest absolute Gasteiger partial charge is 0.497 e. The fourth-order valence-corrected chi connectivity index (χ4v) is 2.46. The van der Waals surface area contributed by atoms with Crippen LogP contribution in [0.5, 0.6) is 5.75 Å². The molecule has 0 heterocycles. The van der Waals surface area contributed by atoms with Crippen molar-refractivity contribution in [2.75, 3.05) is 25.5 Å². The Bertz CT molecular complexity index is 749. The molecule has 0 atom stereocenters. The first kappa shape index (κ1) is 19.9. The van der Waals surface area contributed by atoms with Crippen molar-refractivity contribution in [1.82, 2.24) is 5.32 Å². The maximum Gasteiger partial charge on any atom is 0.416 e. The zero-order valence-corrected chi connectivity index (χ0v) is 14.7. The molecule has 0 saturated heterocycles. The number of carbonyl (C=O) groups excluding carboxylic acids is 1. The second-order valence-electron chi connectivity index (χ2n) is 5.49. The van der Waals surface area contributed by atoms with Crippen molar-refractivity contribution in [3.05, 3.63) is 58.6 Å². The fraction of sp³-hybridized carbons (Fsp3) is 0.278. The molecule has 2 aromatic rings. The minimum atomic E-state index is -4.46. The van der Waals surface area contributed by atoms with E-state index in [9.17, 15) is 18.0 Å². The van der Waals surface area contributed by atoms with Crippen molar-refractivity contribution in [3.63, 3.8) is 0 Å². The van der Waals surface area contributed by atoms with Gasteiger partial charge in [-0.1, -0.05) is 23.7 Å². The van der Waals surface area contributed by atoms with E-state index in [0.29, 0.717) is 13.0 Å². The summed E-state index contributed by atoms with van der Waals surface area (Å²) in [6, 6.07) is 10.4. The lowest BCUT2D eigenvalue weighted by Crippen LogP contribution is -2.31. The maximum atomic E-state index is 12.6. The minimum absolute atomic E-state index is 0.0896. The van der Waals surface area contributed by atoms with Gasteiger partial charge >= 0.3 is 6.18 Å². The third kappa shape index (κ3) is 5.84. The van der Waals surface area contributed by atoms with Crippen LogP contribution in [0.25, 0.3) is 0 Å². The molecular formula is C18H18ClF3N2O2. The molecule has 2 aromatic carbocycles. The van der Waals surface area contributed by atoms with E-state index in [1.807, 2.05) is 24.3 Å². The molecule has 2 rings (SSSR count). The van der Waals surface area contributed by atoms with E-state index in [4.69, 9.17) is 16.3 Å². The first-order valence-corrected chi connectivity index (χ1v) is 8.17. The van der Waals surface area contributed by atoms with Crippen molar-refractivity contribution in [2.24, 2.45) is 0 Å². The summed E-state index contributed by atoms with van der Waals surface area (Å²) >= 11 is 5.82. The van der Waals surface area contributed by atoms with Crippen LogP contribution in [0, 0.1) is 0 Å². The summed E-state index contributed by atoms with van der Waals surface area (Å²) in [4.78, 5) is 11.8. The molecule has 0 radical (unpaired) electrons. The van der Waals surface area contributed by atoms with Gasteiger partial charge in [0.15, 0.2) is 0 Å². The lowest BCUT2D eigenvalue weighted by Gasteiger charge is -2.12. The summed E-state index contributed by atoms with van der Waals surface area (Å²) in [5, 5.41) is 5.36. The number of benzene rings is 2. The Balaban J connectivity index is 1.77. The lowest BCUT2D eigenvalue weighted by atomic mass is 10.1. The van der Waals surface area contributed by atoms with Crippen molar-refractivity contribution in [3.8, 4) is 5.75 Å². The highest BCUT2D eigenvalue weighted by molar-refractivity contribution is 6.33. The monoisotopic (exact) mass is 386 g/mol. The highest BCUT2D eigenvalue weighted by Gasteiger charge is 2.30. The molecule has 0 spiro atoms. The van der Waals surface area contributed by atoms with Crippen LogP contribution in [-0.4, -0.2) is 26.1 Å². The number of anilines is 1. The number of halogens is 4. The molecular weight excluding hydrogens is 369 g/mol. The van der Waals surface area contributed by atoms with E-state index in [-0.39, 0.29) is 23.2 Å². The second-order valence-corrected chi connectivity index (χ2v) is 5.90. The molecule has 0 aliphatic heterocycles. The number of hydrogen-bond donors (Lipinski definition) is 2. The Hall–Kier alpha value is -2.41. The molecule has 0 unspecified atom stereocenters. The molecule has 8 heteroatoms. The number of hydrogen-bond acceptors (Lipinski definition) is 3. The Morgan fingerprint density at radius 1 is 1.15 bits per heavy atom. The van der Waals surface area contributed by atoms with Gasteiger partial charge in [-0.3, -0.25) is 4.79 Å². The Morgan fingerprint density at radius 3 is 2.42 bits per heavy atom. The predicted octanol–water partition coefficient (Wildman–Crippen LogP) is 4.14. The fourth-order valence-electron chi connectivity index (χ4n) is 2.21. The predicted molar refractivity (Wildman–Crippen MR) is 94.7 cm³/mol. The van der Waals surface area contributed by atoms with Gasteiger partial charge < -0.3 is 15.4 Å². The molecule has 26 heavy (non-hydrogen) atoms. The number of alkyl halides is 3. The van der Waals surface area contributed by atoms with E-state index in [2.05, 4.69) is 10.6 Å². The lowest BCUT2D eigenvalue weighted by molar-refractivity contribution is -0.137. The highest BCUT2D eigenvalue weighted by Crippen LogP contribution is 2.33. The van der Waals surface area contributed by atoms with Crippen LogP contribution in [0.1, 0.15) is 11.1 Å². The van der Waals surface area contributed by atoms with Crippen LogP contribution < -0.4 is 15.4 Å². The number of nitrogens with one attached hydrogen (secondary N) is 2. The number of amides is 1. The third-order valence-corrected chi connectivity index (χ3v) is 3.94. The zero-order valence-electron chi connectivity index (χ0n) is 14.0. The van der Waals surface area contributed by atoms with E-state index >= 15 is 0 Å². The summed E-state index contributed by atoms with van der Waals surface area (Å²) in [7, 11) is 1.59. The summed E-state index contributed by atoms with van der Waals surface area (Å²) in [5.41, 5.74) is 0.479. The van der Waals surface area contributed by atoms with Gasteiger partial charge in [-0.15, -0.1) is 0 Å². The van der Waals surface area contributed by atoms with Gasteiger partial charge in [0.2, 0.25) is 5.91 Å². The SMILES string of the molecule is COc1ccc(CCNC(=O)CNc2ccc(C(F)(F)F)cc2Cl)cc1. The van der Waals surface area contributed by atoms with Crippen LogP contribution in [0.3, 0.4) is 0 Å². The van der Waals surface area contributed by atoms with Crippen molar-refractivity contribution >= 4 is 23.2 Å². The molecule has 0 fully saturated rings. The molecule has 0 saturated carbocycles. The first-order chi connectivity index (χ1) is 12.3. The Kier molecular flexibility index (Phi) is 6.74. The van der Waals surface area contributed by atoms with Crippen LogP contribution in [0.15, 0.2) is 42.5 Å². The standard InChI is InChI=1S/C18H18ClF3N2O2/c1-26-14-5-2-12(3-6-14)8-9-23-17(25)11-24-16-7-4-13(10-15(16)19)18(20,21)22/h2-7,10,24H,8-9,11H2,1H3,(H,23,25). The molecule has 2 N–H and O–H groups in total. The number of methoxy groups -OCH3 is 1. The molecule has 1 amide bonds. The van der Waals surface area contributed by atoms with Crippen LogP contribution in [-0.2, 0) is 17.4 Å². The highest BCUT2D eigenvalue weighted by atomic mass is 35.5. The van der Waals surface area contributed by atoms with Crippen molar-refractivity contribution in [2.45, 2.75) is 12.6 Å². The average molecular weight is 387 g/mol. The Labute approximate surface area is 154 Å². The zero-order chi connectivity index (χ0) is 19.2. The third-order valence-electron chi connectivity index (χ3n) is 3.63. The molecule has 4 nitrogen and oxygen atoms in total. The summed E-state index contributed by atoms with van der Waals surface area (Å²) in [6.07, 6.45) is -3.81. The van der Waals surface area contributed by atoms with Gasteiger partial charge in [-0.05, 0) is 42.3 Å². The van der Waals surface area contributed by atoms with Crippen molar-refractivity contribution < 1.29 is 22.7 Å². The topological polar surface area (TPSA) is 50.4 Å². The van der Waals surface area contributed by atoms with Crippen LogP contribution >= 0.6 is 11.6 Å². The molecule has 0 aliphatic carbocycles. The average Bonchev–Trinajstić information content (AvgIpc) is 2.60. The van der Waals surface area contributed by atoms with Gasteiger partial charge in [-0.2, -0.15) is 13.2 Å². The first-order valence-electron chi connectivity index (χ1n) is 7.80. The molecule has 0 aliphatic rings. The molecule has 0 bridgehead atoms. The number of carbonyl (C=O) groups is 1. The summed E-state index contributed by atoms with van der Waals surface area (Å²) in [5.74, 6) is 0.477. The van der Waals surface area contributed by atoms with Gasteiger partial charge in [0.1, 0.15) is 5.75 Å². The summed E-state index contributed by atoms with van der Waals surface area (Å²) in [6.45, 7) is 0.348. The van der Waals surface area contributed by atoms with Gasteiger partial charge in [0.05, 0.1) is 29.9 Å². The van der Waals surface area contributed by atoms with Crippen molar-refractivity contribution in [1.29, 1.82) is 0 Å². The Morgan fingerprint density at radius 2 is 1.85 bits per heavy atom. The van der Waals surface area contributed by atoms with E-state index < -0.39 is 11.7 Å². The quantitative estimate of drug-likeness (QED) is 0.752. The van der Waals surface area contributed by atoms with Crippen LogP contribution in [0.4, 0.5) is 18.9 Å². The normalized spacial score (nSPS) is 11.1. The van der Waals surface area contributed by atoms with Gasteiger partial charge in [0.25, 0.3) is 0 Å². The van der Waals surface area contributed by atoms with E-state index in [1.54, 1.807) is 7.11 Å².